The molecule has 2 nitrogen and oxygen atoms in total. The van der Waals surface area contributed by atoms with Crippen LogP contribution >= 0.6 is 0 Å². The monoisotopic (exact) mass is 165 g/mol. The second-order valence-corrected chi connectivity index (χ2v) is 2.03. The van der Waals surface area contributed by atoms with Gasteiger partial charge in [-0.15, -0.1) is 0 Å². The number of hydrogen-bond donors (Lipinski definition) is 1. The molecule has 5 heteroatoms. The summed E-state index contributed by atoms with van der Waals surface area (Å²) in [4.78, 5) is 0. The summed E-state index contributed by atoms with van der Waals surface area (Å²) in [6.45, 7) is 0. The van der Waals surface area contributed by atoms with Crippen LogP contribution in [0.3, 0.4) is 0 Å². The molecule has 1 aromatic heterocycles. The third-order valence-corrected chi connectivity index (χ3v) is 1.20. The van der Waals surface area contributed by atoms with Crippen LogP contribution < -0.4 is 5.73 Å². The first-order valence-corrected chi connectivity index (χ1v) is 2.87. The van der Waals surface area contributed by atoms with Gasteiger partial charge in [0.1, 0.15) is 5.76 Å². The average Bonchev–Trinajstić information content (AvgIpc) is 2.34. The minimum absolute atomic E-state index is 0.266. The lowest BCUT2D eigenvalue weighted by molar-refractivity contribution is -0.152. The summed E-state index contributed by atoms with van der Waals surface area (Å²) in [5.41, 5.74) is 4.80. The Labute approximate surface area is 60.8 Å². The fourth-order valence-corrected chi connectivity index (χ4v) is 0.630. The molecule has 1 unspecified atom stereocenters. The highest BCUT2D eigenvalue weighted by Gasteiger charge is 2.39. The van der Waals surface area contributed by atoms with E-state index in [-0.39, 0.29) is 5.76 Å². The Hall–Kier alpha value is -0.970. The van der Waals surface area contributed by atoms with Crippen molar-refractivity contribution in [2.45, 2.75) is 12.2 Å². The van der Waals surface area contributed by atoms with E-state index in [1.807, 2.05) is 0 Å². The van der Waals surface area contributed by atoms with Crippen molar-refractivity contribution >= 4 is 0 Å². The normalized spacial score (nSPS) is 14.9. The van der Waals surface area contributed by atoms with E-state index in [4.69, 9.17) is 5.73 Å². The summed E-state index contributed by atoms with van der Waals surface area (Å²) < 4.78 is 40.0. The van der Waals surface area contributed by atoms with E-state index in [1.54, 1.807) is 0 Å². The van der Waals surface area contributed by atoms with Crippen molar-refractivity contribution in [2.75, 3.05) is 0 Å². The molecule has 62 valence electrons. The molecule has 0 amide bonds. The largest absolute Gasteiger partial charge is 0.467 e. The minimum Gasteiger partial charge on any atom is -0.467 e. The number of nitrogens with two attached hydrogens (primary N) is 1. The van der Waals surface area contributed by atoms with Crippen molar-refractivity contribution in [1.29, 1.82) is 0 Å². The summed E-state index contributed by atoms with van der Waals surface area (Å²) in [6, 6.07) is 0.538. The Balaban J connectivity index is 2.78. The van der Waals surface area contributed by atoms with Crippen LogP contribution in [-0.2, 0) is 0 Å². The molecule has 0 aliphatic heterocycles. The van der Waals surface area contributed by atoms with Crippen molar-refractivity contribution in [3.05, 3.63) is 24.2 Å². The highest BCUT2D eigenvalue weighted by Crippen LogP contribution is 2.30. The van der Waals surface area contributed by atoms with Crippen LogP contribution in [0.15, 0.2) is 22.8 Å². The molecule has 0 spiro atoms. The lowest BCUT2D eigenvalue weighted by atomic mass is 10.2. The van der Waals surface area contributed by atoms with E-state index in [0.717, 1.165) is 6.26 Å². The Morgan fingerprint density at radius 1 is 1.45 bits per heavy atom. The van der Waals surface area contributed by atoms with Crippen molar-refractivity contribution in [1.82, 2.24) is 0 Å². The van der Waals surface area contributed by atoms with E-state index in [9.17, 15) is 13.2 Å². The molecule has 0 aliphatic carbocycles. The first-order chi connectivity index (χ1) is 5.02. The third-order valence-electron chi connectivity index (χ3n) is 1.20. The van der Waals surface area contributed by atoms with Crippen molar-refractivity contribution in [2.24, 2.45) is 5.73 Å². The average molecular weight is 165 g/mol. The Morgan fingerprint density at radius 3 is 2.45 bits per heavy atom. The van der Waals surface area contributed by atoms with Gasteiger partial charge in [0.15, 0.2) is 6.04 Å². The zero-order valence-electron chi connectivity index (χ0n) is 5.43. The molecular formula is C6H6F3NO. The van der Waals surface area contributed by atoms with Gasteiger partial charge in [-0.3, -0.25) is 0 Å². The van der Waals surface area contributed by atoms with Crippen LogP contribution in [0.25, 0.3) is 0 Å². The molecule has 1 aromatic rings. The maximum atomic E-state index is 11.8. The molecule has 2 N–H and O–H groups in total. The second-order valence-electron chi connectivity index (χ2n) is 2.03. The molecule has 0 aliphatic rings. The van der Waals surface area contributed by atoms with Crippen LogP contribution in [0, 0.1) is 0 Å². The van der Waals surface area contributed by atoms with Gasteiger partial charge in [0.05, 0.1) is 6.26 Å². The van der Waals surface area contributed by atoms with Gasteiger partial charge in [-0.2, -0.15) is 13.2 Å². The predicted octanol–water partition coefficient (Wildman–Crippen LogP) is 1.84. The maximum absolute atomic E-state index is 11.8. The van der Waals surface area contributed by atoms with E-state index in [1.165, 1.54) is 12.1 Å². The van der Waals surface area contributed by atoms with Gasteiger partial charge in [-0.05, 0) is 12.1 Å². The van der Waals surface area contributed by atoms with Gasteiger partial charge < -0.3 is 10.2 Å². The summed E-state index contributed by atoms with van der Waals surface area (Å²) in [5, 5.41) is 0. The number of alkyl halides is 3. The topological polar surface area (TPSA) is 39.2 Å². The molecule has 1 rings (SSSR count). The van der Waals surface area contributed by atoms with Gasteiger partial charge in [-0.25, -0.2) is 0 Å². The standard InChI is InChI=1S/C6H6F3NO/c7-6(8,9)5(10)4-2-1-3-11-4/h1-3,5H,10H2. The molecule has 11 heavy (non-hydrogen) atoms. The van der Waals surface area contributed by atoms with Crippen LogP contribution in [0.2, 0.25) is 0 Å². The van der Waals surface area contributed by atoms with E-state index < -0.39 is 12.2 Å². The molecular weight excluding hydrogens is 159 g/mol. The summed E-state index contributed by atoms with van der Waals surface area (Å²) >= 11 is 0. The van der Waals surface area contributed by atoms with Gasteiger partial charge >= 0.3 is 6.18 Å². The lowest BCUT2D eigenvalue weighted by Gasteiger charge is -2.11. The summed E-state index contributed by atoms with van der Waals surface area (Å²) in [7, 11) is 0. The van der Waals surface area contributed by atoms with Crippen LogP contribution in [-0.4, -0.2) is 6.18 Å². The predicted molar refractivity (Wildman–Crippen MR) is 31.7 cm³/mol. The molecule has 0 radical (unpaired) electrons. The molecule has 1 atom stereocenters. The van der Waals surface area contributed by atoms with Crippen LogP contribution in [0.4, 0.5) is 13.2 Å². The number of hydrogen-bond acceptors (Lipinski definition) is 2. The lowest BCUT2D eigenvalue weighted by Crippen LogP contribution is -2.27. The molecule has 1 heterocycles. The maximum Gasteiger partial charge on any atom is 0.410 e. The van der Waals surface area contributed by atoms with Crippen LogP contribution in [0.1, 0.15) is 11.8 Å². The molecule has 0 aromatic carbocycles. The fourth-order valence-electron chi connectivity index (χ4n) is 0.630. The Morgan fingerprint density at radius 2 is 2.09 bits per heavy atom. The van der Waals surface area contributed by atoms with Crippen molar-refractivity contribution < 1.29 is 17.6 Å². The van der Waals surface area contributed by atoms with Gasteiger partial charge in [-0.1, -0.05) is 0 Å². The number of furan rings is 1. The number of rotatable bonds is 1. The van der Waals surface area contributed by atoms with E-state index >= 15 is 0 Å². The minimum atomic E-state index is -4.43. The molecule has 0 saturated heterocycles. The zero-order valence-corrected chi connectivity index (χ0v) is 5.43. The third kappa shape index (κ3) is 1.74. The number of halogens is 3. The SMILES string of the molecule is NC(c1ccco1)C(F)(F)F. The Bertz CT molecular complexity index is 216. The smallest absolute Gasteiger partial charge is 0.410 e. The quantitative estimate of drug-likeness (QED) is 0.689. The van der Waals surface area contributed by atoms with E-state index in [2.05, 4.69) is 4.42 Å². The zero-order chi connectivity index (χ0) is 8.48. The van der Waals surface area contributed by atoms with Gasteiger partial charge in [0.2, 0.25) is 0 Å². The highest BCUT2D eigenvalue weighted by molar-refractivity contribution is 5.05. The van der Waals surface area contributed by atoms with Crippen LogP contribution in [0.5, 0.6) is 0 Å². The highest BCUT2D eigenvalue weighted by atomic mass is 19.4. The summed E-state index contributed by atoms with van der Waals surface area (Å²) in [5.74, 6) is -0.266. The van der Waals surface area contributed by atoms with E-state index in [0.29, 0.717) is 0 Å². The van der Waals surface area contributed by atoms with Crippen molar-refractivity contribution in [3.8, 4) is 0 Å². The molecule has 0 saturated carbocycles. The first kappa shape index (κ1) is 8.13. The summed E-state index contributed by atoms with van der Waals surface area (Å²) in [6.07, 6.45) is -3.28. The Kier molecular flexibility index (Phi) is 1.90. The molecule has 0 bridgehead atoms. The second kappa shape index (κ2) is 2.58. The van der Waals surface area contributed by atoms with Gasteiger partial charge in [0, 0.05) is 0 Å². The molecule has 0 fully saturated rings. The van der Waals surface area contributed by atoms with Crippen molar-refractivity contribution in [3.63, 3.8) is 0 Å². The first-order valence-electron chi connectivity index (χ1n) is 2.87. The fraction of sp³-hybridized carbons (Fsp3) is 0.333. The van der Waals surface area contributed by atoms with Gasteiger partial charge in [0.25, 0.3) is 0 Å².